The van der Waals surface area contributed by atoms with Crippen LogP contribution in [0.15, 0.2) is 273 Å². The van der Waals surface area contributed by atoms with Crippen molar-refractivity contribution in [2.45, 2.75) is 5.41 Å². The molecule has 1 spiro atoms. The highest BCUT2D eigenvalue weighted by molar-refractivity contribution is 7.85. The van der Waals surface area contributed by atoms with Crippen molar-refractivity contribution in [1.29, 1.82) is 0 Å². The number of benzene rings is 11. The summed E-state index contributed by atoms with van der Waals surface area (Å²) in [6.45, 7) is 0. The van der Waals surface area contributed by atoms with Crippen molar-refractivity contribution in [3.05, 3.63) is 295 Å². The Labute approximate surface area is 446 Å². The van der Waals surface area contributed by atoms with Crippen molar-refractivity contribution >= 4 is 44.7 Å². The molecule has 11 aromatic carbocycles. The molecule has 0 atom stereocenters. The predicted molar refractivity (Wildman–Crippen MR) is 316 cm³/mol. The third-order valence-electron chi connectivity index (χ3n) is 15.8. The summed E-state index contributed by atoms with van der Waals surface area (Å²) >= 11 is 0. The fourth-order valence-electron chi connectivity index (χ4n) is 12.4. The first-order valence-corrected chi connectivity index (χ1v) is 27.8. The van der Waals surface area contributed by atoms with E-state index in [0.717, 1.165) is 71.4 Å². The van der Waals surface area contributed by atoms with E-state index < -0.39 is 12.6 Å². The van der Waals surface area contributed by atoms with Gasteiger partial charge in [0.2, 0.25) is 0 Å². The van der Waals surface area contributed by atoms with Gasteiger partial charge in [-0.1, -0.05) is 249 Å². The van der Waals surface area contributed by atoms with Gasteiger partial charge in [0.1, 0.15) is 0 Å². The summed E-state index contributed by atoms with van der Waals surface area (Å²) in [5.74, 6) is 1.52. The number of nitrogens with zero attached hydrogens (tertiary/aromatic N) is 4. The lowest BCUT2D eigenvalue weighted by Crippen LogP contribution is -2.25. The van der Waals surface area contributed by atoms with E-state index in [9.17, 15) is 0 Å². The van der Waals surface area contributed by atoms with Gasteiger partial charge in [0, 0.05) is 48.9 Å². The second-order valence-corrected chi connectivity index (χ2v) is 22.7. The Morgan fingerprint density at radius 2 is 0.740 bits per heavy atom. The van der Waals surface area contributed by atoms with Crippen molar-refractivity contribution in [1.82, 2.24) is 19.9 Å². The second-order valence-electron chi connectivity index (χ2n) is 19.9. The Morgan fingerprint density at radius 1 is 0.299 bits per heavy atom. The first kappa shape index (κ1) is 44.8. The molecule has 0 radical (unpaired) electrons. The maximum Gasteiger partial charge on any atom is 0.171 e. The van der Waals surface area contributed by atoms with E-state index in [-0.39, 0.29) is 0 Å². The predicted octanol–water partition coefficient (Wildman–Crippen LogP) is 15.9. The minimum Gasteiger partial charge on any atom is -0.309 e. The summed E-state index contributed by atoms with van der Waals surface area (Å²) in [4.78, 5) is 21.6. The standard InChI is InChI=1S/C71H45N4OP/c76-77(52-25-9-3-10-26-52,53-27-11-4-12-28-53)54-44-50(43-51(45-54)70-74-68(48-23-7-2-8-24-48)73-69(75-70)49-39-37-47(38-40-49)46-21-5-1-6-22-46)67-66-58(57-31-16-20-36-64(57)72-67)41-42-63-65(66)59-32-15-19-35-62(59)71(63)60-33-17-13-29-55(60)56-30-14-18-34-61(56)71/h1-45H. The van der Waals surface area contributed by atoms with Gasteiger partial charge in [0.15, 0.2) is 24.6 Å². The summed E-state index contributed by atoms with van der Waals surface area (Å²) < 4.78 is 16.9. The number of fused-ring (bicyclic) bond motifs is 14. The van der Waals surface area contributed by atoms with Crippen LogP contribution >= 0.6 is 7.14 Å². The van der Waals surface area contributed by atoms with Gasteiger partial charge in [-0.05, 0) is 85.3 Å². The average Bonchev–Trinajstić information content (AvgIpc) is 4.22. The summed E-state index contributed by atoms with van der Waals surface area (Å²) in [7, 11) is -3.62. The summed E-state index contributed by atoms with van der Waals surface area (Å²) in [5, 5.41) is 5.27. The monoisotopic (exact) mass is 1000 g/mol. The molecule has 0 fully saturated rings. The molecule has 0 saturated carbocycles. The average molecular weight is 1000 g/mol. The summed E-state index contributed by atoms with van der Waals surface area (Å²) in [6.07, 6.45) is 0. The zero-order valence-corrected chi connectivity index (χ0v) is 42.5. The minimum atomic E-state index is -3.62. The normalized spacial score (nSPS) is 12.8. The topological polar surface area (TPSA) is 68.6 Å². The number of rotatable bonds is 8. The highest BCUT2D eigenvalue weighted by Gasteiger charge is 2.52. The number of pyridine rings is 1. The Kier molecular flexibility index (Phi) is 10.3. The number of para-hydroxylation sites is 1. The van der Waals surface area contributed by atoms with Crippen LogP contribution in [-0.4, -0.2) is 19.9 Å². The van der Waals surface area contributed by atoms with E-state index in [4.69, 9.17) is 19.9 Å². The number of aromatic nitrogens is 4. The van der Waals surface area contributed by atoms with Crippen LogP contribution in [-0.2, 0) is 9.98 Å². The molecule has 0 amide bonds. The van der Waals surface area contributed by atoms with Crippen LogP contribution in [0.3, 0.4) is 0 Å². The molecular formula is C71H45N4OP. The summed E-state index contributed by atoms with van der Waals surface area (Å²) in [5.41, 5.74) is 16.3. The number of hydrogen-bond donors (Lipinski definition) is 0. The molecule has 0 unspecified atom stereocenters. The van der Waals surface area contributed by atoms with E-state index in [2.05, 4.69) is 170 Å². The fraction of sp³-hybridized carbons (Fsp3) is 0.0141. The molecule has 2 aromatic heterocycles. The maximum absolute atomic E-state index is 16.9. The van der Waals surface area contributed by atoms with Crippen LogP contribution < -0.4 is 15.9 Å². The first-order valence-electron chi connectivity index (χ1n) is 26.1. The molecule has 5 nitrogen and oxygen atoms in total. The molecule has 2 aliphatic rings. The maximum atomic E-state index is 16.9. The fourth-order valence-corrected chi connectivity index (χ4v) is 15.1. The molecule has 77 heavy (non-hydrogen) atoms. The highest BCUT2D eigenvalue weighted by atomic mass is 31.2. The highest BCUT2D eigenvalue weighted by Crippen LogP contribution is 2.64. The van der Waals surface area contributed by atoms with Crippen LogP contribution in [0.5, 0.6) is 0 Å². The van der Waals surface area contributed by atoms with E-state index in [1.54, 1.807) is 0 Å². The molecule has 15 rings (SSSR count). The summed E-state index contributed by atoms with van der Waals surface area (Å²) in [6, 6.07) is 94.8. The third-order valence-corrected chi connectivity index (χ3v) is 18.8. The molecule has 2 heterocycles. The Morgan fingerprint density at radius 3 is 1.35 bits per heavy atom. The van der Waals surface area contributed by atoms with Crippen LogP contribution in [0.25, 0.3) is 100 Å². The largest absolute Gasteiger partial charge is 0.309 e. The van der Waals surface area contributed by atoms with Crippen molar-refractivity contribution in [2.75, 3.05) is 0 Å². The SMILES string of the molecule is O=P(c1ccccc1)(c1ccccc1)c1cc(-c2nc(-c3ccccc3)nc(-c3ccc(-c4ccccc4)cc3)n2)cc(-c2nc3ccccc3c3ccc4c(c23)-c2ccccc2C42c3ccccc3-c3ccccc32)c1. The van der Waals surface area contributed by atoms with Gasteiger partial charge in [0.25, 0.3) is 0 Å². The van der Waals surface area contributed by atoms with Crippen molar-refractivity contribution in [3.63, 3.8) is 0 Å². The second kappa shape index (κ2) is 17.7. The Hall–Kier alpha value is -9.67. The van der Waals surface area contributed by atoms with Gasteiger partial charge < -0.3 is 4.57 Å². The van der Waals surface area contributed by atoms with Crippen molar-refractivity contribution in [2.24, 2.45) is 0 Å². The Balaban J connectivity index is 1.05. The van der Waals surface area contributed by atoms with Gasteiger partial charge in [-0.3, -0.25) is 0 Å². The molecule has 13 aromatic rings. The molecule has 0 N–H and O–H groups in total. The lowest BCUT2D eigenvalue weighted by atomic mass is 9.70. The third kappa shape index (κ3) is 6.91. The number of hydrogen-bond acceptors (Lipinski definition) is 5. The van der Waals surface area contributed by atoms with Crippen LogP contribution in [0.2, 0.25) is 0 Å². The van der Waals surface area contributed by atoms with Crippen LogP contribution in [0, 0.1) is 0 Å². The lowest BCUT2D eigenvalue weighted by molar-refractivity contribution is 0.592. The van der Waals surface area contributed by atoms with E-state index >= 15 is 4.57 Å². The van der Waals surface area contributed by atoms with Crippen LogP contribution in [0.1, 0.15) is 22.3 Å². The first-order chi connectivity index (χ1) is 38.1. The van der Waals surface area contributed by atoms with Gasteiger partial charge >= 0.3 is 0 Å². The van der Waals surface area contributed by atoms with E-state index in [1.807, 2.05) is 103 Å². The quantitative estimate of drug-likeness (QED) is 0.112. The molecule has 0 aliphatic heterocycles. The van der Waals surface area contributed by atoms with E-state index in [0.29, 0.717) is 28.3 Å². The van der Waals surface area contributed by atoms with Gasteiger partial charge in [-0.15, -0.1) is 0 Å². The lowest BCUT2D eigenvalue weighted by Gasteiger charge is -2.30. The smallest absolute Gasteiger partial charge is 0.171 e. The zero-order chi connectivity index (χ0) is 51.1. The molecular weight excluding hydrogens is 956 g/mol. The van der Waals surface area contributed by atoms with Crippen molar-refractivity contribution < 1.29 is 4.57 Å². The van der Waals surface area contributed by atoms with Crippen molar-refractivity contribution in [3.8, 4) is 78.8 Å². The zero-order valence-electron chi connectivity index (χ0n) is 41.6. The Bertz CT molecular complexity index is 4440. The molecule has 6 heteroatoms. The molecule has 2 aliphatic carbocycles. The van der Waals surface area contributed by atoms with Gasteiger partial charge in [-0.25, -0.2) is 19.9 Å². The molecule has 0 bridgehead atoms. The molecule has 360 valence electrons. The van der Waals surface area contributed by atoms with Gasteiger partial charge in [-0.2, -0.15) is 0 Å². The van der Waals surface area contributed by atoms with E-state index in [1.165, 1.54) is 38.9 Å². The molecule has 0 saturated heterocycles. The minimum absolute atomic E-state index is 0.454. The van der Waals surface area contributed by atoms with Crippen LogP contribution in [0.4, 0.5) is 0 Å². The van der Waals surface area contributed by atoms with Gasteiger partial charge in [0.05, 0.1) is 16.6 Å².